The van der Waals surface area contributed by atoms with Crippen molar-refractivity contribution in [3.8, 4) is 6.07 Å². The van der Waals surface area contributed by atoms with Crippen molar-refractivity contribution in [1.82, 2.24) is 5.16 Å². The molecule has 0 bridgehead atoms. The van der Waals surface area contributed by atoms with Crippen LogP contribution in [0.3, 0.4) is 0 Å². The normalized spacial score (nSPS) is 11.9. The lowest BCUT2D eigenvalue weighted by Gasteiger charge is -2.02. The van der Waals surface area contributed by atoms with Crippen molar-refractivity contribution in [2.75, 3.05) is 0 Å². The predicted molar refractivity (Wildman–Crippen MR) is 57.2 cm³/mol. The maximum Gasteiger partial charge on any atom is 0.324 e. The van der Waals surface area contributed by atoms with E-state index in [1.165, 1.54) is 0 Å². The Morgan fingerprint density at radius 2 is 2.32 bits per heavy atom. The summed E-state index contributed by atoms with van der Waals surface area (Å²) in [5.74, 6) is -2.34. The zero-order valence-electron chi connectivity index (χ0n) is 9.14. The topological polar surface area (TPSA) is 163 Å². The Morgan fingerprint density at radius 1 is 1.63 bits per heavy atom. The van der Waals surface area contributed by atoms with Crippen molar-refractivity contribution in [2.45, 2.75) is 5.92 Å². The molecule has 1 amide bonds. The third-order valence-electron chi connectivity index (χ3n) is 2.47. The average molecular weight is 263 g/mol. The summed E-state index contributed by atoms with van der Waals surface area (Å²) in [6, 6.07) is 3.75. The molecule has 0 radical (unpaired) electrons. The van der Waals surface area contributed by atoms with Crippen LogP contribution in [-0.2, 0) is 4.79 Å². The first kappa shape index (κ1) is 12.2. The fraction of sp³-hybridized carbons (Fsp3) is 0.111. The molecule has 0 aliphatic rings. The van der Waals surface area contributed by atoms with Gasteiger partial charge in [0.25, 0.3) is 5.52 Å². The van der Waals surface area contributed by atoms with E-state index in [1.807, 2.05) is 0 Å². The summed E-state index contributed by atoms with van der Waals surface area (Å²) in [6.45, 7) is 0. The molecule has 0 fully saturated rings. The highest BCUT2D eigenvalue weighted by Crippen LogP contribution is 2.28. The van der Waals surface area contributed by atoms with Crippen LogP contribution in [0.2, 0.25) is 0 Å². The van der Waals surface area contributed by atoms with Gasteiger partial charge in [0.05, 0.1) is 11.0 Å². The maximum atomic E-state index is 11.3. The average Bonchev–Trinajstić information content (AvgIpc) is 2.72. The third-order valence-corrected chi connectivity index (χ3v) is 2.47. The molecule has 1 aromatic carbocycles. The van der Waals surface area contributed by atoms with Gasteiger partial charge in [-0.2, -0.15) is 5.26 Å². The van der Waals surface area contributed by atoms with Crippen LogP contribution in [0.25, 0.3) is 11.0 Å². The molecule has 10 nitrogen and oxygen atoms in total. The summed E-state index contributed by atoms with van der Waals surface area (Å²) >= 11 is 0. The van der Waals surface area contributed by atoms with E-state index >= 15 is 0 Å². The second-order valence-corrected chi connectivity index (χ2v) is 3.52. The van der Waals surface area contributed by atoms with Crippen molar-refractivity contribution in [3.63, 3.8) is 0 Å². The summed E-state index contributed by atoms with van der Waals surface area (Å²) in [5, 5.41) is 34.3. The number of carbonyl (C=O) groups excluding carboxylic acids is 1. The minimum atomic E-state index is -1.38. The third kappa shape index (κ3) is 1.78. The van der Waals surface area contributed by atoms with Gasteiger partial charge in [-0.3, -0.25) is 19.5 Å². The highest BCUT2D eigenvalue weighted by atomic mass is 16.8. The number of nitro benzene ring substituents is 1. The first-order chi connectivity index (χ1) is 8.97. The molecule has 19 heavy (non-hydrogen) atoms. The summed E-state index contributed by atoms with van der Waals surface area (Å²) in [6.07, 6.45) is 0. The molecule has 0 saturated heterocycles. The molecular weight excluding hydrogens is 258 g/mol. The van der Waals surface area contributed by atoms with Crippen LogP contribution in [0.4, 0.5) is 5.69 Å². The van der Waals surface area contributed by atoms with Gasteiger partial charge in [0, 0.05) is 16.8 Å². The molecule has 1 atom stereocenters. The molecule has 1 heterocycles. The van der Waals surface area contributed by atoms with E-state index in [0.29, 0.717) is 0 Å². The highest BCUT2D eigenvalue weighted by Gasteiger charge is 2.31. The van der Waals surface area contributed by atoms with Crippen LogP contribution in [0, 0.1) is 26.7 Å². The summed E-state index contributed by atoms with van der Waals surface area (Å²) in [4.78, 5) is 20.9. The summed E-state index contributed by atoms with van der Waals surface area (Å²) in [7, 11) is 0. The Labute approximate surface area is 104 Å². The van der Waals surface area contributed by atoms with Crippen molar-refractivity contribution in [3.05, 3.63) is 33.0 Å². The van der Waals surface area contributed by atoms with Crippen LogP contribution >= 0.6 is 0 Å². The Bertz CT molecular complexity index is 730. The summed E-state index contributed by atoms with van der Waals surface area (Å²) < 4.78 is 4.27. The van der Waals surface area contributed by atoms with Gasteiger partial charge < -0.3 is 10.9 Å². The minimum absolute atomic E-state index is 0.0195. The first-order valence-corrected chi connectivity index (χ1v) is 4.83. The van der Waals surface area contributed by atoms with Gasteiger partial charge in [-0.15, -0.1) is 0 Å². The van der Waals surface area contributed by atoms with Crippen LogP contribution < -0.4 is 10.6 Å². The Balaban J connectivity index is 2.81. The second kappa shape index (κ2) is 4.22. The fourth-order valence-electron chi connectivity index (χ4n) is 1.65. The number of rotatable bonds is 3. The number of nitrogens with zero attached hydrogens (tertiary/aromatic N) is 4. The number of nitrogens with two attached hydrogens (primary N) is 1. The van der Waals surface area contributed by atoms with Crippen LogP contribution in [-0.4, -0.2) is 16.0 Å². The lowest BCUT2D eigenvalue weighted by atomic mass is 9.98. The number of nitriles is 1. The van der Waals surface area contributed by atoms with E-state index in [0.717, 1.165) is 12.1 Å². The molecule has 2 N–H and O–H groups in total. The van der Waals surface area contributed by atoms with Gasteiger partial charge in [0.1, 0.15) is 0 Å². The van der Waals surface area contributed by atoms with Crippen molar-refractivity contribution < 1.29 is 19.2 Å². The highest BCUT2D eigenvalue weighted by molar-refractivity contribution is 5.92. The number of fused-ring (bicyclic) bond motifs is 1. The number of hydrogen-bond acceptors (Lipinski definition) is 7. The number of hydrogen-bond donors (Lipinski definition) is 1. The molecule has 1 aromatic heterocycles. The van der Waals surface area contributed by atoms with Crippen molar-refractivity contribution in [2.24, 2.45) is 5.73 Å². The van der Waals surface area contributed by atoms with E-state index in [4.69, 9.17) is 11.0 Å². The predicted octanol–water partition coefficient (Wildman–Crippen LogP) is -0.538. The number of carbonyl (C=O) groups is 1. The molecular formula is C9H5N5O5. The summed E-state index contributed by atoms with van der Waals surface area (Å²) in [5.41, 5.74) is 3.76. The van der Waals surface area contributed by atoms with Crippen LogP contribution in [0.1, 0.15) is 11.5 Å². The van der Waals surface area contributed by atoms with Gasteiger partial charge >= 0.3 is 11.2 Å². The first-order valence-electron chi connectivity index (χ1n) is 4.83. The lowest BCUT2D eigenvalue weighted by Crippen LogP contribution is -2.24. The van der Waals surface area contributed by atoms with E-state index in [2.05, 4.69) is 9.79 Å². The molecule has 2 rings (SSSR count). The van der Waals surface area contributed by atoms with Crippen LogP contribution in [0.15, 0.2) is 16.8 Å². The van der Waals surface area contributed by atoms with Gasteiger partial charge in [-0.05, 0) is 11.0 Å². The zero-order chi connectivity index (χ0) is 14.2. The minimum Gasteiger partial charge on any atom is -0.368 e. The maximum absolute atomic E-state index is 11.3. The Kier molecular flexibility index (Phi) is 2.72. The smallest absolute Gasteiger partial charge is 0.324 e. The van der Waals surface area contributed by atoms with Crippen LogP contribution in [0.5, 0.6) is 0 Å². The number of benzene rings is 1. The molecule has 1 unspecified atom stereocenters. The number of primary amides is 1. The number of aromatic nitrogens is 2. The second-order valence-electron chi connectivity index (χ2n) is 3.52. The molecule has 96 valence electrons. The molecule has 0 spiro atoms. The molecule has 2 aromatic rings. The van der Waals surface area contributed by atoms with Gasteiger partial charge in [0.15, 0.2) is 5.92 Å². The molecule has 10 heteroatoms. The van der Waals surface area contributed by atoms with E-state index in [1.54, 1.807) is 6.07 Å². The van der Waals surface area contributed by atoms with Gasteiger partial charge in [-0.25, -0.2) is 0 Å². The largest absolute Gasteiger partial charge is 0.368 e. The van der Waals surface area contributed by atoms with E-state index in [9.17, 15) is 20.1 Å². The van der Waals surface area contributed by atoms with Crippen molar-refractivity contribution in [1.29, 1.82) is 5.26 Å². The Morgan fingerprint density at radius 3 is 2.84 bits per heavy atom. The monoisotopic (exact) mass is 263 g/mol. The standard InChI is InChI=1S/C9H5N5O5/c10-3-5(9(11)15)4-1-2-6(13(16)17)8-7(4)12-19-14(8)18/h1-2,5H,(H2,11,15). The number of nitro groups is 1. The molecule has 0 saturated carbocycles. The van der Waals surface area contributed by atoms with E-state index in [-0.39, 0.29) is 16.0 Å². The van der Waals surface area contributed by atoms with E-state index < -0.39 is 28.0 Å². The molecule has 0 aliphatic heterocycles. The number of amides is 1. The zero-order valence-corrected chi connectivity index (χ0v) is 9.14. The SMILES string of the molecule is N#CC(C(N)=O)c1ccc([N+](=O)[O-])c2c1no[n+]2[O-]. The Hall–Kier alpha value is -3.22. The fourth-order valence-corrected chi connectivity index (χ4v) is 1.65. The molecule has 0 aliphatic carbocycles. The van der Waals surface area contributed by atoms with Crippen molar-refractivity contribution >= 4 is 22.6 Å². The quantitative estimate of drug-likeness (QED) is 0.441. The number of non-ortho nitro benzene ring substituents is 1. The van der Waals surface area contributed by atoms with Gasteiger partial charge in [-0.1, -0.05) is 0 Å². The van der Waals surface area contributed by atoms with Gasteiger partial charge in [0.2, 0.25) is 5.91 Å². The lowest BCUT2D eigenvalue weighted by molar-refractivity contribution is -0.783.